The lowest BCUT2D eigenvalue weighted by atomic mass is 10.0. The second-order valence-electron chi connectivity index (χ2n) is 6.23. The van der Waals surface area contributed by atoms with E-state index >= 15 is 0 Å². The Kier molecular flexibility index (Phi) is 4.40. The summed E-state index contributed by atoms with van der Waals surface area (Å²) >= 11 is 3.60. The van der Waals surface area contributed by atoms with Crippen molar-refractivity contribution in [2.75, 3.05) is 16.8 Å². The molecule has 4 nitrogen and oxygen atoms in total. The van der Waals surface area contributed by atoms with Gasteiger partial charge in [-0.2, -0.15) is 4.98 Å². The third-order valence-corrected chi connectivity index (χ3v) is 5.04. The molecule has 0 spiro atoms. The van der Waals surface area contributed by atoms with Crippen molar-refractivity contribution in [2.24, 2.45) is 0 Å². The molecule has 2 aromatic carbocycles. The highest BCUT2D eigenvalue weighted by molar-refractivity contribution is 9.10. The summed E-state index contributed by atoms with van der Waals surface area (Å²) in [4.78, 5) is 11.4. The average molecular weight is 395 g/mol. The molecule has 2 heterocycles. The SMILES string of the molecule is Cc1ccc(Nc2ccnc(N3CCCc4ccccc43)n2)c(Br)c1. The molecule has 4 rings (SSSR count). The summed E-state index contributed by atoms with van der Waals surface area (Å²) in [6.45, 7) is 3.01. The van der Waals surface area contributed by atoms with Gasteiger partial charge in [-0.25, -0.2) is 4.98 Å². The van der Waals surface area contributed by atoms with Crippen LogP contribution in [0, 0.1) is 6.92 Å². The molecule has 0 fully saturated rings. The summed E-state index contributed by atoms with van der Waals surface area (Å²) in [7, 11) is 0. The maximum Gasteiger partial charge on any atom is 0.231 e. The fourth-order valence-corrected chi connectivity index (χ4v) is 3.74. The second-order valence-corrected chi connectivity index (χ2v) is 7.09. The van der Waals surface area contributed by atoms with Gasteiger partial charge in [0, 0.05) is 22.9 Å². The highest BCUT2D eigenvalue weighted by atomic mass is 79.9. The minimum atomic E-state index is 0.736. The largest absolute Gasteiger partial charge is 0.339 e. The Morgan fingerprint density at radius 2 is 2.00 bits per heavy atom. The molecule has 3 aromatic rings. The summed E-state index contributed by atoms with van der Waals surface area (Å²) in [6.07, 6.45) is 4.03. The van der Waals surface area contributed by atoms with Gasteiger partial charge in [-0.3, -0.25) is 0 Å². The van der Waals surface area contributed by atoms with Gasteiger partial charge in [-0.1, -0.05) is 24.3 Å². The van der Waals surface area contributed by atoms with E-state index in [1.54, 1.807) is 0 Å². The number of hydrogen-bond acceptors (Lipinski definition) is 4. The number of nitrogens with zero attached hydrogens (tertiary/aromatic N) is 3. The molecule has 0 aliphatic carbocycles. The first kappa shape index (κ1) is 16.1. The number of anilines is 4. The van der Waals surface area contributed by atoms with Crippen molar-refractivity contribution in [3.05, 3.63) is 70.3 Å². The predicted octanol–water partition coefficient (Wildman–Crippen LogP) is 5.38. The van der Waals surface area contributed by atoms with Crippen LogP contribution in [0.15, 0.2) is 59.2 Å². The number of rotatable bonds is 3. The second kappa shape index (κ2) is 6.84. The van der Waals surface area contributed by atoms with Crippen molar-refractivity contribution in [1.82, 2.24) is 9.97 Å². The van der Waals surface area contributed by atoms with Crippen LogP contribution in [0.2, 0.25) is 0 Å². The number of benzene rings is 2. The topological polar surface area (TPSA) is 41.1 Å². The van der Waals surface area contributed by atoms with Gasteiger partial charge in [0.1, 0.15) is 5.82 Å². The smallest absolute Gasteiger partial charge is 0.231 e. The first-order chi connectivity index (χ1) is 12.2. The van der Waals surface area contributed by atoms with E-state index in [0.717, 1.165) is 41.3 Å². The van der Waals surface area contributed by atoms with Gasteiger partial charge in [-0.05, 0) is 71.1 Å². The molecule has 0 unspecified atom stereocenters. The van der Waals surface area contributed by atoms with Crippen LogP contribution >= 0.6 is 15.9 Å². The monoisotopic (exact) mass is 394 g/mol. The highest BCUT2D eigenvalue weighted by Crippen LogP contribution is 2.32. The van der Waals surface area contributed by atoms with Crippen molar-refractivity contribution < 1.29 is 0 Å². The van der Waals surface area contributed by atoms with E-state index in [9.17, 15) is 0 Å². The van der Waals surface area contributed by atoms with Crippen molar-refractivity contribution in [2.45, 2.75) is 19.8 Å². The first-order valence-corrected chi connectivity index (χ1v) is 9.22. The average Bonchev–Trinajstić information content (AvgIpc) is 2.64. The fourth-order valence-electron chi connectivity index (χ4n) is 3.15. The molecule has 1 aromatic heterocycles. The number of aryl methyl sites for hydroxylation is 2. The standard InChI is InChI=1S/C20H19BrN4/c1-14-8-9-17(16(21)13-14)23-19-10-11-22-20(24-19)25-12-4-6-15-5-2-3-7-18(15)25/h2-3,5,7-11,13H,4,6,12H2,1H3,(H,22,23,24). The van der Waals surface area contributed by atoms with Gasteiger partial charge in [0.05, 0.1) is 5.69 Å². The number of hydrogen-bond donors (Lipinski definition) is 1. The van der Waals surface area contributed by atoms with Crippen LogP contribution in [0.4, 0.5) is 23.1 Å². The summed E-state index contributed by atoms with van der Waals surface area (Å²) in [5.41, 5.74) is 4.78. The van der Waals surface area contributed by atoms with Crippen LogP contribution in [0.1, 0.15) is 17.5 Å². The zero-order valence-electron chi connectivity index (χ0n) is 14.0. The third-order valence-electron chi connectivity index (χ3n) is 4.38. The van der Waals surface area contributed by atoms with Crippen molar-refractivity contribution in [3.63, 3.8) is 0 Å². The summed E-state index contributed by atoms with van der Waals surface area (Å²) < 4.78 is 1.02. The fraction of sp³-hybridized carbons (Fsp3) is 0.200. The molecule has 25 heavy (non-hydrogen) atoms. The maximum atomic E-state index is 4.74. The van der Waals surface area contributed by atoms with E-state index in [4.69, 9.17) is 4.98 Å². The van der Waals surface area contributed by atoms with Crippen LogP contribution < -0.4 is 10.2 Å². The van der Waals surface area contributed by atoms with Gasteiger partial charge in [-0.15, -0.1) is 0 Å². The van der Waals surface area contributed by atoms with Crippen LogP contribution in [0.5, 0.6) is 0 Å². The normalized spacial score (nSPS) is 13.4. The van der Waals surface area contributed by atoms with Crippen molar-refractivity contribution in [1.29, 1.82) is 0 Å². The van der Waals surface area contributed by atoms with Crippen LogP contribution in [-0.4, -0.2) is 16.5 Å². The first-order valence-electron chi connectivity index (χ1n) is 8.42. The van der Waals surface area contributed by atoms with Crippen LogP contribution in [0.25, 0.3) is 0 Å². The molecule has 1 N–H and O–H groups in total. The third kappa shape index (κ3) is 3.37. The Morgan fingerprint density at radius 3 is 2.88 bits per heavy atom. The van der Waals surface area contributed by atoms with Gasteiger partial charge >= 0.3 is 0 Å². The van der Waals surface area contributed by atoms with E-state index in [1.807, 2.05) is 12.3 Å². The Balaban J connectivity index is 1.64. The van der Waals surface area contributed by atoms with Gasteiger partial charge in [0.15, 0.2) is 0 Å². The van der Waals surface area contributed by atoms with Crippen LogP contribution in [-0.2, 0) is 6.42 Å². The Morgan fingerprint density at radius 1 is 1.12 bits per heavy atom. The van der Waals surface area contributed by atoms with Crippen molar-refractivity contribution in [3.8, 4) is 0 Å². The van der Waals surface area contributed by atoms with Crippen LogP contribution in [0.3, 0.4) is 0 Å². The molecule has 0 saturated carbocycles. The number of halogens is 1. The maximum absolute atomic E-state index is 4.74. The van der Waals surface area contributed by atoms with Gasteiger partial charge in [0.25, 0.3) is 0 Å². The quantitative estimate of drug-likeness (QED) is 0.647. The summed E-state index contributed by atoms with van der Waals surface area (Å²) in [5.74, 6) is 1.53. The lowest BCUT2D eigenvalue weighted by Gasteiger charge is -2.29. The molecule has 0 saturated heterocycles. The Bertz CT molecular complexity index is 910. The molecule has 0 atom stereocenters. The molecule has 0 amide bonds. The number of fused-ring (bicyclic) bond motifs is 1. The number of nitrogens with one attached hydrogen (secondary N) is 1. The van der Waals surface area contributed by atoms with E-state index in [2.05, 4.69) is 80.5 Å². The molecule has 0 bridgehead atoms. The molecular formula is C20H19BrN4. The summed E-state index contributed by atoms with van der Waals surface area (Å²) in [6, 6.07) is 16.6. The highest BCUT2D eigenvalue weighted by Gasteiger charge is 2.20. The minimum absolute atomic E-state index is 0.736. The van der Waals surface area contributed by atoms with E-state index in [0.29, 0.717) is 0 Å². The van der Waals surface area contributed by atoms with Gasteiger partial charge < -0.3 is 10.2 Å². The zero-order chi connectivity index (χ0) is 17.2. The number of aromatic nitrogens is 2. The molecule has 0 radical (unpaired) electrons. The Labute approximate surface area is 156 Å². The van der Waals surface area contributed by atoms with Crippen molar-refractivity contribution >= 4 is 39.1 Å². The van der Waals surface area contributed by atoms with E-state index in [1.165, 1.54) is 16.8 Å². The van der Waals surface area contributed by atoms with E-state index in [-0.39, 0.29) is 0 Å². The van der Waals surface area contributed by atoms with E-state index < -0.39 is 0 Å². The lowest BCUT2D eigenvalue weighted by molar-refractivity contribution is 0.751. The lowest BCUT2D eigenvalue weighted by Crippen LogP contribution is -2.26. The molecule has 1 aliphatic heterocycles. The predicted molar refractivity (Wildman–Crippen MR) is 106 cm³/mol. The molecule has 1 aliphatic rings. The molecule has 5 heteroatoms. The zero-order valence-corrected chi connectivity index (χ0v) is 15.6. The number of para-hydroxylation sites is 1. The molecule has 126 valence electrons. The minimum Gasteiger partial charge on any atom is -0.339 e. The summed E-state index contributed by atoms with van der Waals surface area (Å²) in [5, 5.41) is 3.38. The molecular weight excluding hydrogens is 376 g/mol. The van der Waals surface area contributed by atoms with Gasteiger partial charge in [0.2, 0.25) is 5.95 Å². The Hall–Kier alpha value is -2.40.